The first-order valence-electron chi connectivity index (χ1n) is 8.95. The molecule has 136 valence electrons. The number of nitrogens with one attached hydrogen (secondary N) is 1. The lowest BCUT2D eigenvalue weighted by molar-refractivity contribution is 1.13. The highest BCUT2D eigenvalue weighted by Gasteiger charge is 2.08. The number of rotatable bonds is 4. The van der Waals surface area contributed by atoms with Crippen LogP contribution in [0.4, 0.5) is 11.4 Å². The fourth-order valence-electron chi connectivity index (χ4n) is 3.07. The molecule has 0 spiro atoms. The Morgan fingerprint density at radius 1 is 0.630 bits per heavy atom. The average Bonchev–Trinajstić information content (AvgIpc) is 2.69. The molecular formula is C24H25N3. The van der Waals surface area contributed by atoms with Crippen LogP contribution < -0.4 is 20.2 Å². The Kier molecular flexibility index (Phi) is 5.44. The van der Waals surface area contributed by atoms with Crippen molar-refractivity contribution in [3.63, 3.8) is 0 Å². The summed E-state index contributed by atoms with van der Waals surface area (Å²) in [6, 6.07) is 25.2. The van der Waals surface area contributed by atoms with Crippen LogP contribution in [0.3, 0.4) is 0 Å². The summed E-state index contributed by atoms with van der Waals surface area (Å²) >= 11 is 0. The average molecular weight is 355 g/mol. The SMILES string of the molecule is CN(C)c1ccc(C(c2ccc(N(C)C)cc2)=c2ccc(=C=N)cc2)cc1. The van der Waals surface area contributed by atoms with Gasteiger partial charge in [-0.3, -0.25) is 5.41 Å². The smallest absolute Gasteiger partial charge is 0.0361 e. The molecule has 0 radical (unpaired) electrons. The van der Waals surface area contributed by atoms with Gasteiger partial charge in [0.2, 0.25) is 0 Å². The maximum absolute atomic E-state index is 7.31. The van der Waals surface area contributed by atoms with Crippen molar-refractivity contribution in [3.8, 4) is 0 Å². The van der Waals surface area contributed by atoms with Gasteiger partial charge in [0.05, 0.1) is 0 Å². The lowest BCUT2D eigenvalue weighted by atomic mass is 9.95. The Morgan fingerprint density at radius 3 is 1.37 bits per heavy atom. The maximum Gasteiger partial charge on any atom is 0.0361 e. The Morgan fingerprint density at radius 2 is 1.04 bits per heavy atom. The van der Waals surface area contributed by atoms with Crippen molar-refractivity contribution in [3.05, 3.63) is 94.4 Å². The fourth-order valence-corrected chi connectivity index (χ4v) is 3.07. The highest BCUT2D eigenvalue weighted by atomic mass is 15.1. The summed E-state index contributed by atoms with van der Waals surface area (Å²) in [5, 5.41) is 9.22. The largest absolute Gasteiger partial charge is 0.378 e. The molecule has 0 amide bonds. The van der Waals surface area contributed by atoms with E-state index in [1.165, 1.54) is 28.1 Å². The number of nitrogens with zero attached hydrogens (tertiary/aromatic N) is 2. The van der Waals surface area contributed by atoms with Crippen molar-refractivity contribution in [2.75, 3.05) is 38.0 Å². The molecule has 0 saturated carbocycles. The highest BCUT2D eigenvalue weighted by molar-refractivity contribution is 5.80. The van der Waals surface area contributed by atoms with E-state index in [9.17, 15) is 0 Å². The quantitative estimate of drug-likeness (QED) is 0.730. The van der Waals surface area contributed by atoms with Crippen LogP contribution in [0.15, 0.2) is 72.8 Å². The minimum atomic E-state index is 0.781. The van der Waals surface area contributed by atoms with Crippen LogP contribution in [-0.2, 0) is 0 Å². The van der Waals surface area contributed by atoms with Gasteiger partial charge in [0.25, 0.3) is 0 Å². The van der Waals surface area contributed by atoms with Gasteiger partial charge in [0.1, 0.15) is 0 Å². The predicted molar refractivity (Wildman–Crippen MR) is 116 cm³/mol. The van der Waals surface area contributed by atoms with Crippen molar-refractivity contribution in [1.82, 2.24) is 0 Å². The molecule has 3 aromatic carbocycles. The summed E-state index contributed by atoms with van der Waals surface area (Å²) < 4.78 is 0. The van der Waals surface area contributed by atoms with Gasteiger partial charge in [-0.2, -0.15) is 0 Å². The van der Waals surface area contributed by atoms with Gasteiger partial charge >= 0.3 is 0 Å². The summed E-state index contributed by atoms with van der Waals surface area (Å²) in [4.78, 5) is 4.20. The van der Waals surface area contributed by atoms with Gasteiger partial charge in [-0.15, -0.1) is 0 Å². The molecule has 0 aliphatic rings. The molecule has 0 aliphatic carbocycles. The molecule has 3 nitrogen and oxygen atoms in total. The van der Waals surface area contributed by atoms with Gasteiger partial charge < -0.3 is 9.80 Å². The number of hydrogen-bond acceptors (Lipinski definition) is 3. The van der Waals surface area contributed by atoms with E-state index in [1.807, 2.05) is 40.3 Å². The minimum absolute atomic E-state index is 0.781. The lowest BCUT2D eigenvalue weighted by Crippen LogP contribution is -2.13. The van der Waals surface area contributed by atoms with Gasteiger partial charge in [-0.1, -0.05) is 36.4 Å². The van der Waals surface area contributed by atoms with Gasteiger partial charge in [-0.05, 0) is 64.2 Å². The van der Waals surface area contributed by atoms with Crippen molar-refractivity contribution >= 4 is 22.8 Å². The minimum Gasteiger partial charge on any atom is -0.378 e. The summed E-state index contributed by atoms with van der Waals surface area (Å²) in [5.74, 6) is 2.44. The molecule has 3 rings (SSSR count). The van der Waals surface area contributed by atoms with E-state index >= 15 is 0 Å². The summed E-state index contributed by atoms with van der Waals surface area (Å²) in [5.41, 5.74) is 5.88. The van der Waals surface area contributed by atoms with Gasteiger partial charge in [-0.25, -0.2) is 0 Å². The van der Waals surface area contributed by atoms with Crippen LogP contribution in [0.1, 0.15) is 11.1 Å². The van der Waals surface area contributed by atoms with Crippen molar-refractivity contribution in [1.29, 1.82) is 5.41 Å². The van der Waals surface area contributed by atoms with Crippen molar-refractivity contribution in [2.24, 2.45) is 0 Å². The van der Waals surface area contributed by atoms with E-state index in [4.69, 9.17) is 5.41 Å². The zero-order valence-corrected chi connectivity index (χ0v) is 16.3. The van der Waals surface area contributed by atoms with E-state index in [0.29, 0.717) is 0 Å². The van der Waals surface area contributed by atoms with E-state index in [0.717, 1.165) is 10.4 Å². The summed E-state index contributed by atoms with van der Waals surface area (Å²) in [6.45, 7) is 0. The van der Waals surface area contributed by atoms with E-state index in [1.54, 1.807) is 0 Å². The maximum atomic E-state index is 7.31. The normalized spacial score (nSPS) is 10.2. The van der Waals surface area contributed by atoms with Crippen LogP contribution >= 0.6 is 0 Å². The molecule has 0 aromatic heterocycles. The van der Waals surface area contributed by atoms with Gasteiger partial charge in [0, 0.05) is 44.8 Å². The molecule has 0 fully saturated rings. The molecule has 3 heteroatoms. The number of benzene rings is 3. The van der Waals surface area contributed by atoms with E-state index in [2.05, 4.69) is 76.3 Å². The van der Waals surface area contributed by atoms with E-state index < -0.39 is 0 Å². The molecular weight excluding hydrogens is 330 g/mol. The highest BCUT2D eigenvalue weighted by Crippen LogP contribution is 2.25. The Bertz CT molecular complexity index is 979. The second-order valence-electron chi connectivity index (χ2n) is 6.96. The molecule has 0 heterocycles. The third-order valence-corrected chi connectivity index (χ3v) is 4.66. The second-order valence-corrected chi connectivity index (χ2v) is 6.96. The first-order valence-corrected chi connectivity index (χ1v) is 8.95. The Hall–Kier alpha value is -3.29. The number of anilines is 2. The topological polar surface area (TPSA) is 30.3 Å². The number of hydrogen-bond donors (Lipinski definition) is 1. The molecule has 0 aliphatic heterocycles. The molecule has 0 bridgehead atoms. The molecule has 1 N–H and O–H groups in total. The van der Waals surface area contributed by atoms with Crippen LogP contribution in [0.25, 0.3) is 5.57 Å². The standard InChI is InChI=1S/C24H25N3/c1-26(2)22-13-9-20(10-14-22)24(19-7-5-18(17-25)6-8-19)21-11-15-23(16-12-21)27(3)4/h5-16,25H,1-4H3. The van der Waals surface area contributed by atoms with E-state index in [-0.39, 0.29) is 0 Å². The van der Waals surface area contributed by atoms with Crippen LogP contribution in [0.2, 0.25) is 0 Å². The third kappa shape index (κ3) is 4.11. The van der Waals surface area contributed by atoms with Crippen molar-refractivity contribution < 1.29 is 0 Å². The monoisotopic (exact) mass is 355 g/mol. The third-order valence-electron chi connectivity index (χ3n) is 4.66. The lowest BCUT2D eigenvalue weighted by Gasteiger charge is -2.16. The zero-order chi connectivity index (χ0) is 19.4. The first-order chi connectivity index (χ1) is 13.0. The van der Waals surface area contributed by atoms with Crippen LogP contribution in [0, 0.1) is 5.41 Å². The molecule has 27 heavy (non-hydrogen) atoms. The van der Waals surface area contributed by atoms with Crippen LogP contribution in [-0.4, -0.2) is 34.1 Å². The van der Waals surface area contributed by atoms with Crippen LogP contribution in [0.5, 0.6) is 0 Å². The van der Waals surface area contributed by atoms with Crippen molar-refractivity contribution in [2.45, 2.75) is 0 Å². The molecule has 0 unspecified atom stereocenters. The first kappa shape index (κ1) is 18.5. The summed E-state index contributed by atoms with van der Waals surface area (Å²) in [7, 11) is 8.19. The second kappa shape index (κ2) is 7.94. The predicted octanol–water partition coefficient (Wildman–Crippen LogP) is 2.99. The zero-order valence-electron chi connectivity index (χ0n) is 16.3. The molecule has 3 aromatic rings. The molecule has 0 atom stereocenters. The molecule has 0 saturated heterocycles. The Balaban J connectivity index is 2.21. The fraction of sp³-hybridized carbons (Fsp3) is 0.167. The summed E-state index contributed by atoms with van der Waals surface area (Å²) in [6.07, 6.45) is 0. The van der Waals surface area contributed by atoms with Gasteiger partial charge in [0.15, 0.2) is 0 Å². The Labute approximate surface area is 161 Å².